The highest BCUT2D eigenvalue weighted by atomic mass is 35.5. The minimum atomic E-state index is 0.499. The lowest BCUT2D eigenvalue weighted by Gasteiger charge is -1.98. The monoisotopic (exact) mass is 250 g/mol. The van der Waals surface area contributed by atoms with Crippen LogP contribution in [0.5, 0.6) is 0 Å². The minimum Gasteiger partial charge on any atom is -0.275 e. The van der Waals surface area contributed by atoms with Crippen LogP contribution in [0.15, 0.2) is 24.0 Å². The predicted molar refractivity (Wildman–Crippen MR) is 64.6 cm³/mol. The number of thiazole rings is 1. The summed E-state index contributed by atoms with van der Waals surface area (Å²) in [5.41, 5.74) is 4.39. The molecule has 80 valence electrons. The van der Waals surface area contributed by atoms with Crippen LogP contribution in [0.2, 0.25) is 5.15 Å². The van der Waals surface area contributed by atoms with Gasteiger partial charge in [0.25, 0.3) is 0 Å². The van der Waals surface area contributed by atoms with Gasteiger partial charge in [-0.05, 0) is 6.07 Å². The first-order valence-electron chi connectivity index (χ1n) is 4.63. The lowest BCUT2D eigenvalue weighted by Crippen LogP contribution is -1.85. The van der Waals surface area contributed by atoms with Crippen molar-refractivity contribution >= 4 is 33.2 Å². The first kappa shape index (κ1) is 9.74. The second-order valence-corrected chi connectivity index (χ2v) is 4.61. The summed E-state index contributed by atoms with van der Waals surface area (Å²) in [5, 5.41) is 4.61. The Kier molecular flexibility index (Phi) is 2.15. The van der Waals surface area contributed by atoms with Gasteiger partial charge in [-0.3, -0.25) is 4.68 Å². The number of fused-ring (bicyclic) bond motifs is 1. The van der Waals surface area contributed by atoms with Gasteiger partial charge in [0.15, 0.2) is 0 Å². The molecular weight excluding hydrogens is 244 g/mol. The number of aryl methyl sites for hydroxylation is 1. The van der Waals surface area contributed by atoms with Gasteiger partial charge in [-0.15, -0.1) is 11.3 Å². The van der Waals surface area contributed by atoms with Gasteiger partial charge >= 0.3 is 0 Å². The zero-order valence-electron chi connectivity index (χ0n) is 8.38. The second kappa shape index (κ2) is 3.54. The van der Waals surface area contributed by atoms with Crippen LogP contribution < -0.4 is 0 Å². The second-order valence-electron chi connectivity index (χ2n) is 3.40. The molecule has 0 saturated carbocycles. The van der Waals surface area contributed by atoms with Gasteiger partial charge < -0.3 is 0 Å². The molecule has 0 aromatic carbocycles. The highest BCUT2D eigenvalue weighted by Gasteiger charge is 2.09. The van der Waals surface area contributed by atoms with Crippen LogP contribution in [0, 0.1) is 0 Å². The topological polar surface area (TPSA) is 43.6 Å². The summed E-state index contributed by atoms with van der Waals surface area (Å²) in [4.78, 5) is 8.58. The predicted octanol–water partition coefficient (Wildman–Crippen LogP) is 2.75. The Morgan fingerprint density at radius 1 is 1.44 bits per heavy atom. The fourth-order valence-electron chi connectivity index (χ4n) is 1.53. The van der Waals surface area contributed by atoms with E-state index in [9.17, 15) is 0 Å². The van der Waals surface area contributed by atoms with Crippen molar-refractivity contribution in [2.24, 2.45) is 7.05 Å². The molecule has 3 aromatic heterocycles. The van der Waals surface area contributed by atoms with Crippen molar-refractivity contribution in [1.82, 2.24) is 19.7 Å². The Balaban J connectivity index is 2.24. The molecule has 3 rings (SSSR count). The van der Waals surface area contributed by atoms with E-state index in [1.807, 2.05) is 19.3 Å². The largest absolute Gasteiger partial charge is 0.275 e. The van der Waals surface area contributed by atoms with Crippen LogP contribution >= 0.6 is 22.9 Å². The summed E-state index contributed by atoms with van der Waals surface area (Å²) in [6.45, 7) is 0. The molecule has 6 heteroatoms. The SMILES string of the molecule is Cn1cc(-c2cc3ncsc3c(Cl)n2)cn1. The number of halogens is 1. The molecule has 0 aliphatic carbocycles. The molecule has 0 bridgehead atoms. The van der Waals surface area contributed by atoms with Crippen LogP contribution in [0.4, 0.5) is 0 Å². The Morgan fingerprint density at radius 2 is 2.31 bits per heavy atom. The quantitative estimate of drug-likeness (QED) is 0.624. The molecule has 0 amide bonds. The molecule has 0 atom stereocenters. The van der Waals surface area contributed by atoms with Crippen molar-refractivity contribution in [3.63, 3.8) is 0 Å². The van der Waals surface area contributed by atoms with Gasteiger partial charge in [-0.2, -0.15) is 5.10 Å². The fourth-order valence-corrected chi connectivity index (χ4v) is 2.50. The number of hydrogen-bond donors (Lipinski definition) is 0. The van der Waals surface area contributed by atoms with E-state index >= 15 is 0 Å². The molecule has 0 radical (unpaired) electrons. The third-order valence-electron chi connectivity index (χ3n) is 2.28. The molecule has 3 aromatic rings. The van der Waals surface area contributed by atoms with E-state index in [1.165, 1.54) is 11.3 Å². The van der Waals surface area contributed by atoms with Crippen molar-refractivity contribution in [2.45, 2.75) is 0 Å². The van der Waals surface area contributed by atoms with Crippen LogP contribution in [-0.4, -0.2) is 19.7 Å². The third kappa shape index (κ3) is 1.48. The summed E-state index contributed by atoms with van der Waals surface area (Å²) in [6, 6.07) is 1.93. The van der Waals surface area contributed by atoms with Gasteiger partial charge in [0.1, 0.15) is 5.15 Å². The summed E-state index contributed by atoms with van der Waals surface area (Å²) in [5.74, 6) is 0. The number of aromatic nitrogens is 4. The molecule has 0 fully saturated rings. The summed E-state index contributed by atoms with van der Waals surface area (Å²) in [7, 11) is 1.87. The van der Waals surface area contributed by atoms with Gasteiger partial charge in [0, 0.05) is 18.8 Å². The van der Waals surface area contributed by atoms with E-state index in [0.29, 0.717) is 5.15 Å². The number of pyridine rings is 1. The Labute approximate surface area is 101 Å². The van der Waals surface area contributed by atoms with E-state index < -0.39 is 0 Å². The highest BCUT2D eigenvalue weighted by Crippen LogP contribution is 2.29. The van der Waals surface area contributed by atoms with E-state index in [0.717, 1.165) is 21.5 Å². The van der Waals surface area contributed by atoms with Crippen molar-refractivity contribution in [2.75, 3.05) is 0 Å². The zero-order chi connectivity index (χ0) is 11.1. The average molecular weight is 251 g/mol. The first-order chi connectivity index (χ1) is 7.74. The normalized spacial score (nSPS) is 11.1. The Bertz CT molecular complexity index is 658. The maximum atomic E-state index is 6.09. The van der Waals surface area contributed by atoms with Crippen LogP contribution in [-0.2, 0) is 7.05 Å². The van der Waals surface area contributed by atoms with Crippen LogP contribution in [0.25, 0.3) is 21.5 Å². The smallest absolute Gasteiger partial charge is 0.149 e. The van der Waals surface area contributed by atoms with Crippen molar-refractivity contribution in [3.8, 4) is 11.3 Å². The molecule has 4 nitrogen and oxygen atoms in total. The molecule has 3 heterocycles. The molecule has 0 aliphatic heterocycles. The van der Waals surface area contributed by atoms with E-state index in [1.54, 1.807) is 16.4 Å². The lowest BCUT2D eigenvalue weighted by atomic mass is 10.2. The summed E-state index contributed by atoms with van der Waals surface area (Å²) in [6.07, 6.45) is 3.66. The standard InChI is InChI=1S/C10H7ClN4S/c1-15-4-6(3-13-15)7-2-8-9(10(11)14-7)16-5-12-8/h2-5H,1H3. The maximum Gasteiger partial charge on any atom is 0.149 e. The molecular formula is C10H7ClN4S. The molecule has 0 saturated heterocycles. The van der Waals surface area contributed by atoms with Crippen molar-refractivity contribution in [1.29, 1.82) is 0 Å². The lowest BCUT2D eigenvalue weighted by molar-refractivity contribution is 0.768. The molecule has 0 spiro atoms. The summed E-state index contributed by atoms with van der Waals surface area (Å²) < 4.78 is 2.66. The van der Waals surface area contributed by atoms with Crippen LogP contribution in [0.1, 0.15) is 0 Å². The molecule has 0 aliphatic rings. The minimum absolute atomic E-state index is 0.499. The van der Waals surface area contributed by atoms with Gasteiger partial charge in [-0.25, -0.2) is 9.97 Å². The van der Waals surface area contributed by atoms with Crippen LogP contribution in [0.3, 0.4) is 0 Å². The van der Waals surface area contributed by atoms with Gasteiger partial charge in [0.05, 0.1) is 27.6 Å². The zero-order valence-corrected chi connectivity index (χ0v) is 9.96. The van der Waals surface area contributed by atoms with E-state index in [2.05, 4.69) is 15.1 Å². The maximum absolute atomic E-state index is 6.09. The third-order valence-corrected chi connectivity index (χ3v) is 3.51. The first-order valence-corrected chi connectivity index (χ1v) is 5.88. The number of hydrogen-bond acceptors (Lipinski definition) is 4. The van der Waals surface area contributed by atoms with Crippen molar-refractivity contribution in [3.05, 3.63) is 29.1 Å². The summed E-state index contributed by atoms with van der Waals surface area (Å²) >= 11 is 7.59. The number of nitrogens with zero attached hydrogens (tertiary/aromatic N) is 4. The Hall–Kier alpha value is -1.46. The molecule has 0 unspecified atom stereocenters. The highest BCUT2D eigenvalue weighted by molar-refractivity contribution is 7.17. The Morgan fingerprint density at radius 3 is 3.06 bits per heavy atom. The number of rotatable bonds is 1. The average Bonchev–Trinajstić information content (AvgIpc) is 2.85. The fraction of sp³-hybridized carbons (Fsp3) is 0.100. The molecule has 16 heavy (non-hydrogen) atoms. The molecule has 0 N–H and O–H groups in total. The van der Waals surface area contributed by atoms with E-state index in [4.69, 9.17) is 11.6 Å². The van der Waals surface area contributed by atoms with Gasteiger partial charge in [-0.1, -0.05) is 11.6 Å². The van der Waals surface area contributed by atoms with E-state index in [-0.39, 0.29) is 0 Å². The van der Waals surface area contributed by atoms with Crippen molar-refractivity contribution < 1.29 is 0 Å². The van der Waals surface area contributed by atoms with Gasteiger partial charge in [0.2, 0.25) is 0 Å².